The molecule has 0 aliphatic carbocycles. The molecule has 9 heteroatoms. The van der Waals surface area contributed by atoms with Crippen molar-refractivity contribution in [3.05, 3.63) is 95.1 Å². The molecule has 3 aromatic carbocycles. The van der Waals surface area contributed by atoms with Crippen LogP contribution in [-0.4, -0.2) is 24.0 Å². The zero-order chi connectivity index (χ0) is 24.2. The number of anilines is 1. The molecular weight excluding hydrogens is 462 g/mol. The van der Waals surface area contributed by atoms with Gasteiger partial charge in [0.25, 0.3) is 11.8 Å². The molecule has 1 fully saturated rings. The van der Waals surface area contributed by atoms with Crippen LogP contribution >= 0.6 is 12.2 Å². The highest BCUT2D eigenvalue weighted by atomic mass is 32.1. The lowest BCUT2D eigenvalue weighted by Crippen LogP contribution is -2.54. The van der Waals surface area contributed by atoms with Crippen molar-refractivity contribution in [1.82, 2.24) is 5.32 Å². The Morgan fingerprint density at radius 1 is 0.941 bits per heavy atom. The average molecular weight is 480 g/mol. The summed E-state index contributed by atoms with van der Waals surface area (Å²) < 4.78 is 37.5. The molecule has 6 nitrogen and oxygen atoms in total. The van der Waals surface area contributed by atoms with E-state index in [1.165, 1.54) is 49.6 Å². The van der Waals surface area contributed by atoms with Gasteiger partial charge in [-0.05, 0) is 78.0 Å². The minimum absolute atomic E-state index is 0.0964. The van der Waals surface area contributed by atoms with Crippen LogP contribution in [0.1, 0.15) is 11.1 Å². The number of amides is 2. The molecule has 0 radical (unpaired) electrons. The van der Waals surface area contributed by atoms with Gasteiger partial charge in [-0.3, -0.25) is 19.8 Å². The van der Waals surface area contributed by atoms with Crippen LogP contribution in [0.5, 0.6) is 11.5 Å². The Morgan fingerprint density at radius 2 is 1.59 bits per heavy atom. The first-order valence-electron chi connectivity index (χ1n) is 10.1. The Kier molecular flexibility index (Phi) is 6.65. The number of nitrogens with one attached hydrogen (secondary N) is 1. The molecule has 1 N–H and O–H groups in total. The minimum Gasteiger partial charge on any atom is -0.493 e. The molecule has 3 aromatic rings. The van der Waals surface area contributed by atoms with Crippen molar-refractivity contribution in [2.75, 3.05) is 12.0 Å². The summed E-state index contributed by atoms with van der Waals surface area (Å²) in [5, 5.41) is 2.38. The van der Waals surface area contributed by atoms with Gasteiger partial charge in [0.05, 0.1) is 12.8 Å². The van der Waals surface area contributed by atoms with E-state index in [4.69, 9.17) is 21.7 Å². The maximum atomic E-state index is 13.3. The Morgan fingerprint density at radius 3 is 2.24 bits per heavy atom. The Labute approximate surface area is 199 Å². The monoisotopic (exact) mass is 480 g/mol. The lowest BCUT2D eigenvalue weighted by Gasteiger charge is -2.28. The summed E-state index contributed by atoms with van der Waals surface area (Å²) in [4.78, 5) is 26.7. The molecule has 34 heavy (non-hydrogen) atoms. The first kappa shape index (κ1) is 23.1. The normalized spacial score (nSPS) is 14.9. The smallest absolute Gasteiger partial charge is 0.270 e. The van der Waals surface area contributed by atoms with Gasteiger partial charge >= 0.3 is 0 Å². The third kappa shape index (κ3) is 4.94. The summed E-state index contributed by atoms with van der Waals surface area (Å²) in [6, 6.07) is 16.0. The molecule has 0 saturated carbocycles. The zero-order valence-electron chi connectivity index (χ0n) is 17.9. The van der Waals surface area contributed by atoms with Crippen LogP contribution in [0.4, 0.5) is 14.5 Å². The zero-order valence-corrected chi connectivity index (χ0v) is 18.7. The second-order valence-corrected chi connectivity index (χ2v) is 7.65. The summed E-state index contributed by atoms with van der Waals surface area (Å²) in [7, 11) is 1.46. The molecule has 0 spiro atoms. The molecule has 0 aromatic heterocycles. The number of thiocarbonyl (C=S) groups is 1. The molecule has 4 rings (SSSR count). The first-order valence-corrected chi connectivity index (χ1v) is 10.5. The lowest BCUT2D eigenvalue weighted by atomic mass is 10.1. The number of ether oxygens (including phenoxy) is 2. The topological polar surface area (TPSA) is 67.9 Å². The largest absolute Gasteiger partial charge is 0.493 e. The summed E-state index contributed by atoms with van der Waals surface area (Å²) >= 11 is 5.14. The number of benzene rings is 3. The molecular formula is C25H18F2N2O4S. The molecule has 0 bridgehead atoms. The fraction of sp³-hybridized carbons (Fsp3) is 0.0800. The number of rotatable bonds is 6. The average Bonchev–Trinajstić information content (AvgIpc) is 2.83. The van der Waals surface area contributed by atoms with E-state index >= 15 is 0 Å². The van der Waals surface area contributed by atoms with Crippen molar-refractivity contribution in [3.8, 4) is 11.5 Å². The quantitative estimate of drug-likeness (QED) is 0.322. The molecule has 1 heterocycles. The van der Waals surface area contributed by atoms with Crippen LogP contribution in [0.2, 0.25) is 0 Å². The second-order valence-electron chi connectivity index (χ2n) is 7.26. The van der Waals surface area contributed by atoms with E-state index in [0.717, 1.165) is 10.5 Å². The maximum Gasteiger partial charge on any atom is 0.270 e. The minimum atomic E-state index is -0.649. The van der Waals surface area contributed by atoms with Gasteiger partial charge in [-0.2, -0.15) is 0 Å². The number of carbonyl (C=O) groups is 2. The van der Waals surface area contributed by atoms with Crippen molar-refractivity contribution < 1.29 is 27.8 Å². The highest BCUT2D eigenvalue weighted by Crippen LogP contribution is 2.30. The predicted octanol–water partition coefficient (Wildman–Crippen LogP) is 4.38. The standard InChI is InChI=1S/C25H18F2N2O4S/c1-32-22-13-16(4-11-21(22)33-14-15-2-5-17(26)6-3-15)12-20-23(30)28-25(34)29(24(20)31)19-9-7-18(27)8-10-19/h2-13H,14H2,1H3,(H,28,30,34)/b20-12-. The van der Waals surface area contributed by atoms with Crippen LogP contribution in [0.3, 0.4) is 0 Å². The highest BCUT2D eigenvalue weighted by molar-refractivity contribution is 7.80. The van der Waals surface area contributed by atoms with Crippen molar-refractivity contribution in [3.63, 3.8) is 0 Å². The second kappa shape index (κ2) is 9.80. The van der Waals surface area contributed by atoms with Crippen molar-refractivity contribution in [2.45, 2.75) is 6.61 Å². The van der Waals surface area contributed by atoms with Gasteiger partial charge in [0.2, 0.25) is 0 Å². The molecule has 172 valence electrons. The molecule has 1 saturated heterocycles. The number of carbonyl (C=O) groups excluding carboxylic acids is 2. The van der Waals surface area contributed by atoms with Gasteiger partial charge in [-0.1, -0.05) is 18.2 Å². The number of hydrogen-bond acceptors (Lipinski definition) is 5. The summed E-state index contributed by atoms with van der Waals surface area (Å²) in [5.41, 5.74) is 1.46. The fourth-order valence-corrected chi connectivity index (χ4v) is 3.56. The van der Waals surface area contributed by atoms with E-state index in [1.807, 2.05) is 0 Å². The van der Waals surface area contributed by atoms with Crippen molar-refractivity contribution >= 4 is 40.9 Å². The fourth-order valence-electron chi connectivity index (χ4n) is 3.28. The van der Waals surface area contributed by atoms with Crippen LogP contribution in [0, 0.1) is 11.6 Å². The lowest BCUT2D eigenvalue weighted by molar-refractivity contribution is -0.122. The van der Waals surface area contributed by atoms with Crippen LogP contribution < -0.4 is 19.7 Å². The van der Waals surface area contributed by atoms with Gasteiger partial charge in [0.15, 0.2) is 16.6 Å². The molecule has 2 amide bonds. The molecule has 1 aliphatic rings. The number of methoxy groups -OCH3 is 1. The van der Waals surface area contributed by atoms with E-state index in [9.17, 15) is 18.4 Å². The van der Waals surface area contributed by atoms with Gasteiger partial charge in [0, 0.05) is 0 Å². The molecule has 1 aliphatic heterocycles. The van der Waals surface area contributed by atoms with E-state index < -0.39 is 17.6 Å². The third-order valence-corrected chi connectivity index (χ3v) is 5.28. The third-order valence-electron chi connectivity index (χ3n) is 4.99. The Bertz CT molecular complexity index is 1290. The Balaban J connectivity index is 1.58. The summed E-state index contributed by atoms with van der Waals surface area (Å²) in [6.07, 6.45) is 1.40. The van der Waals surface area contributed by atoms with E-state index in [2.05, 4.69) is 5.32 Å². The number of hydrogen-bond donors (Lipinski definition) is 1. The summed E-state index contributed by atoms with van der Waals surface area (Å²) in [5.74, 6) is -1.28. The van der Waals surface area contributed by atoms with E-state index in [-0.39, 0.29) is 23.1 Å². The van der Waals surface area contributed by atoms with Gasteiger partial charge in [0.1, 0.15) is 23.8 Å². The Hall–Kier alpha value is -4.11. The van der Waals surface area contributed by atoms with Crippen LogP contribution in [0.15, 0.2) is 72.3 Å². The van der Waals surface area contributed by atoms with Gasteiger partial charge in [-0.25, -0.2) is 8.78 Å². The first-order chi connectivity index (χ1) is 16.4. The summed E-state index contributed by atoms with van der Waals surface area (Å²) in [6.45, 7) is 0.196. The number of nitrogens with zero attached hydrogens (tertiary/aromatic N) is 1. The van der Waals surface area contributed by atoms with E-state index in [1.54, 1.807) is 30.3 Å². The maximum absolute atomic E-state index is 13.3. The van der Waals surface area contributed by atoms with Gasteiger partial charge < -0.3 is 9.47 Å². The van der Waals surface area contributed by atoms with Crippen molar-refractivity contribution in [2.24, 2.45) is 0 Å². The SMILES string of the molecule is COc1cc(/C=C2/C(=O)NC(=S)N(c3ccc(F)cc3)C2=O)ccc1OCc1ccc(F)cc1. The van der Waals surface area contributed by atoms with E-state index in [0.29, 0.717) is 22.7 Å². The van der Waals surface area contributed by atoms with Crippen LogP contribution in [0.25, 0.3) is 6.08 Å². The predicted molar refractivity (Wildman–Crippen MR) is 126 cm³/mol. The van der Waals surface area contributed by atoms with Crippen molar-refractivity contribution in [1.29, 1.82) is 0 Å². The van der Waals surface area contributed by atoms with Gasteiger partial charge in [-0.15, -0.1) is 0 Å². The molecule has 0 atom stereocenters. The molecule has 0 unspecified atom stereocenters. The highest BCUT2D eigenvalue weighted by Gasteiger charge is 2.34. The van der Waals surface area contributed by atoms with Crippen LogP contribution in [-0.2, 0) is 16.2 Å². The number of halogens is 2.